The Kier molecular flexibility index (Phi) is 3.04. The summed E-state index contributed by atoms with van der Waals surface area (Å²) < 4.78 is 12.9. The molecule has 2 fully saturated rings. The summed E-state index contributed by atoms with van der Waals surface area (Å²) in [5.41, 5.74) is -1.54. The average molecular weight is 268 g/mol. The third-order valence-electron chi connectivity index (χ3n) is 3.79. The normalized spacial score (nSPS) is 34.2. The van der Waals surface area contributed by atoms with Gasteiger partial charge in [0.05, 0.1) is 12.7 Å². The van der Waals surface area contributed by atoms with E-state index in [-0.39, 0.29) is 12.7 Å². The summed E-state index contributed by atoms with van der Waals surface area (Å²) >= 11 is 0. The molecule has 104 valence electrons. The van der Waals surface area contributed by atoms with Crippen molar-refractivity contribution in [3.8, 4) is 0 Å². The fraction of sp³-hybridized carbons (Fsp3) is 0.667. The van der Waals surface area contributed by atoms with Crippen LogP contribution in [0.15, 0.2) is 21.9 Å². The lowest BCUT2D eigenvalue weighted by atomic mass is 9.94. The molecule has 7 nitrogen and oxygen atoms in total. The molecule has 1 aromatic heterocycles. The highest BCUT2D eigenvalue weighted by atomic mass is 16.6. The lowest BCUT2D eigenvalue weighted by Crippen LogP contribution is -2.41. The molecular formula is C12H16N2O5. The van der Waals surface area contributed by atoms with E-state index in [9.17, 15) is 14.7 Å². The second-order valence-electron chi connectivity index (χ2n) is 5.03. The van der Waals surface area contributed by atoms with Crippen LogP contribution in [0.4, 0.5) is 0 Å². The molecule has 1 spiro atoms. The molecule has 19 heavy (non-hydrogen) atoms. The zero-order valence-electron chi connectivity index (χ0n) is 10.4. The average Bonchev–Trinajstić information content (AvgIpc) is 2.98. The van der Waals surface area contributed by atoms with Crippen LogP contribution in [0.1, 0.15) is 25.5 Å². The van der Waals surface area contributed by atoms with Gasteiger partial charge in [0.25, 0.3) is 5.56 Å². The van der Waals surface area contributed by atoms with Crippen LogP contribution in [0, 0.1) is 0 Å². The molecule has 2 aliphatic rings. The van der Waals surface area contributed by atoms with Gasteiger partial charge in [0.1, 0.15) is 5.60 Å². The van der Waals surface area contributed by atoms with E-state index in [4.69, 9.17) is 9.47 Å². The molecule has 7 heteroatoms. The summed E-state index contributed by atoms with van der Waals surface area (Å²) in [5.74, 6) is 0. The first-order valence-electron chi connectivity index (χ1n) is 6.36. The quantitative estimate of drug-likeness (QED) is 0.744. The van der Waals surface area contributed by atoms with E-state index < -0.39 is 23.1 Å². The highest BCUT2D eigenvalue weighted by Crippen LogP contribution is 2.46. The minimum atomic E-state index is -0.600. The molecule has 1 aromatic rings. The number of ether oxygens (including phenoxy) is 2. The first-order valence-corrected chi connectivity index (χ1v) is 6.36. The summed E-state index contributed by atoms with van der Waals surface area (Å²) in [6.07, 6.45) is 2.70. The molecule has 0 aromatic carbocycles. The largest absolute Gasteiger partial charge is 0.394 e. The number of H-pyrrole nitrogens is 1. The van der Waals surface area contributed by atoms with Gasteiger partial charge in [-0.15, -0.1) is 0 Å². The van der Waals surface area contributed by atoms with Gasteiger partial charge in [0, 0.05) is 25.3 Å². The summed E-state index contributed by atoms with van der Waals surface area (Å²) in [6, 6.07) is 1.28. The molecule has 2 unspecified atom stereocenters. The van der Waals surface area contributed by atoms with Crippen molar-refractivity contribution in [2.45, 2.75) is 37.2 Å². The van der Waals surface area contributed by atoms with Gasteiger partial charge in [0.2, 0.25) is 0 Å². The van der Waals surface area contributed by atoms with Crippen molar-refractivity contribution in [3.05, 3.63) is 33.1 Å². The smallest absolute Gasteiger partial charge is 0.330 e. The SMILES string of the molecule is O=c1ccn(C2OC(CO)C[C@]23CCCO3)c(=O)[nH]1. The van der Waals surface area contributed by atoms with Gasteiger partial charge >= 0.3 is 5.69 Å². The van der Waals surface area contributed by atoms with Gasteiger partial charge in [-0.3, -0.25) is 14.3 Å². The van der Waals surface area contributed by atoms with Crippen molar-refractivity contribution in [1.29, 1.82) is 0 Å². The number of rotatable bonds is 2. The molecular weight excluding hydrogens is 252 g/mol. The van der Waals surface area contributed by atoms with Crippen LogP contribution in [0.2, 0.25) is 0 Å². The number of aliphatic hydroxyl groups excluding tert-OH is 1. The maximum atomic E-state index is 11.9. The Hall–Kier alpha value is -1.44. The molecule has 0 aliphatic carbocycles. The monoisotopic (exact) mass is 268 g/mol. The predicted octanol–water partition coefficient (Wildman–Crippen LogP) is -0.634. The molecule has 3 rings (SSSR count). The Labute approximate surface area is 108 Å². The summed E-state index contributed by atoms with van der Waals surface area (Å²) in [7, 11) is 0. The minimum Gasteiger partial charge on any atom is -0.394 e. The zero-order valence-corrected chi connectivity index (χ0v) is 10.4. The van der Waals surface area contributed by atoms with E-state index >= 15 is 0 Å². The predicted molar refractivity (Wildman–Crippen MR) is 64.9 cm³/mol. The van der Waals surface area contributed by atoms with E-state index in [1.165, 1.54) is 16.8 Å². The molecule has 2 aliphatic heterocycles. The van der Waals surface area contributed by atoms with Crippen LogP contribution >= 0.6 is 0 Å². The molecule has 0 radical (unpaired) electrons. The third-order valence-corrected chi connectivity index (χ3v) is 3.79. The highest BCUT2D eigenvalue weighted by molar-refractivity contribution is 5.00. The van der Waals surface area contributed by atoms with Gasteiger partial charge in [-0.1, -0.05) is 0 Å². The van der Waals surface area contributed by atoms with E-state index in [0.29, 0.717) is 13.0 Å². The Morgan fingerprint density at radius 3 is 3.00 bits per heavy atom. The van der Waals surface area contributed by atoms with Gasteiger partial charge in [-0.05, 0) is 12.8 Å². The second-order valence-corrected chi connectivity index (χ2v) is 5.03. The van der Waals surface area contributed by atoms with Crippen molar-refractivity contribution in [2.75, 3.05) is 13.2 Å². The molecule has 0 bridgehead atoms. The Morgan fingerprint density at radius 2 is 2.37 bits per heavy atom. The number of aromatic nitrogens is 2. The van der Waals surface area contributed by atoms with E-state index in [2.05, 4.69) is 4.98 Å². The first-order chi connectivity index (χ1) is 9.14. The molecule has 2 N–H and O–H groups in total. The maximum absolute atomic E-state index is 11.9. The number of nitrogens with zero attached hydrogens (tertiary/aromatic N) is 1. The highest BCUT2D eigenvalue weighted by Gasteiger charge is 2.52. The van der Waals surface area contributed by atoms with E-state index in [1.807, 2.05) is 0 Å². The number of hydrogen-bond acceptors (Lipinski definition) is 5. The van der Waals surface area contributed by atoms with Crippen LogP contribution in [0.5, 0.6) is 0 Å². The molecule has 0 saturated carbocycles. The summed E-state index contributed by atoms with van der Waals surface area (Å²) in [4.78, 5) is 25.2. The molecule has 2 saturated heterocycles. The summed E-state index contributed by atoms with van der Waals surface area (Å²) in [6.45, 7) is 0.510. The van der Waals surface area contributed by atoms with Crippen molar-refractivity contribution in [2.24, 2.45) is 0 Å². The number of aromatic amines is 1. The zero-order chi connectivity index (χ0) is 13.5. The van der Waals surface area contributed by atoms with Crippen LogP contribution in [0.25, 0.3) is 0 Å². The van der Waals surface area contributed by atoms with Crippen LogP contribution < -0.4 is 11.2 Å². The van der Waals surface area contributed by atoms with Gasteiger partial charge in [-0.2, -0.15) is 0 Å². The van der Waals surface area contributed by atoms with Crippen LogP contribution in [-0.2, 0) is 9.47 Å². The standard InChI is InChI=1S/C12H16N2O5/c15-7-8-6-12(3-1-5-18-12)10(19-8)14-4-2-9(16)13-11(14)17/h2,4,8,10,15H,1,3,5-7H2,(H,13,16,17)/t8?,10?,12-/m1/s1. The lowest BCUT2D eigenvalue weighted by Gasteiger charge is -2.29. The van der Waals surface area contributed by atoms with Crippen molar-refractivity contribution >= 4 is 0 Å². The number of hydrogen-bond donors (Lipinski definition) is 2. The van der Waals surface area contributed by atoms with E-state index in [1.54, 1.807) is 0 Å². The maximum Gasteiger partial charge on any atom is 0.330 e. The Balaban J connectivity index is 2.01. The van der Waals surface area contributed by atoms with Gasteiger partial charge in [0.15, 0.2) is 6.23 Å². The molecule has 3 atom stereocenters. The molecule has 3 heterocycles. The van der Waals surface area contributed by atoms with Crippen LogP contribution in [-0.4, -0.2) is 39.6 Å². The second kappa shape index (κ2) is 4.59. The number of nitrogens with one attached hydrogen (secondary N) is 1. The Bertz CT molecular complexity index is 572. The van der Waals surface area contributed by atoms with Gasteiger partial charge < -0.3 is 14.6 Å². The number of aliphatic hydroxyl groups is 1. The fourth-order valence-electron chi connectivity index (χ4n) is 2.95. The van der Waals surface area contributed by atoms with Crippen molar-refractivity contribution in [3.63, 3.8) is 0 Å². The van der Waals surface area contributed by atoms with E-state index in [0.717, 1.165) is 12.8 Å². The molecule has 0 amide bonds. The van der Waals surface area contributed by atoms with Crippen molar-refractivity contribution < 1.29 is 14.6 Å². The van der Waals surface area contributed by atoms with Crippen molar-refractivity contribution in [1.82, 2.24) is 9.55 Å². The first kappa shape index (κ1) is 12.6. The lowest BCUT2D eigenvalue weighted by molar-refractivity contribution is -0.107. The van der Waals surface area contributed by atoms with Gasteiger partial charge in [-0.25, -0.2) is 4.79 Å². The van der Waals surface area contributed by atoms with Crippen LogP contribution in [0.3, 0.4) is 0 Å². The third kappa shape index (κ3) is 2.03. The summed E-state index contributed by atoms with van der Waals surface area (Å²) in [5, 5.41) is 9.26. The fourth-order valence-corrected chi connectivity index (χ4v) is 2.95. The minimum absolute atomic E-state index is 0.111. The topological polar surface area (TPSA) is 93.5 Å². The Morgan fingerprint density at radius 1 is 1.53 bits per heavy atom.